The van der Waals surface area contributed by atoms with E-state index in [4.69, 9.17) is 23.2 Å². The maximum atomic E-state index is 11.1. The van der Waals surface area contributed by atoms with E-state index in [0.29, 0.717) is 16.5 Å². The van der Waals surface area contributed by atoms with Crippen LogP contribution >= 0.6 is 23.2 Å². The normalized spacial score (nSPS) is 16.2. The van der Waals surface area contributed by atoms with Crippen LogP contribution in [0.5, 0.6) is 0 Å². The van der Waals surface area contributed by atoms with Crippen LogP contribution in [0.15, 0.2) is 18.2 Å². The van der Waals surface area contributed by atoms with Crippen molar-refractivity contribution < 1.29 is 9.53 Å². The molecule has 0 aliphatic carbocycles. The number of nitrogens with zero attached hydrogens (tertiary/aromatic N) is 2. The molecule has 0 bridgehead atoms. The number of halogens is 2. The Balaban J connectivity index is 1.88. The van der Waals surface area contributed by atoms with Crippen LogP contribution in [-0.2, 0) is 9.53 Å². The number of esters is 1. The number of methoxy groups -OCH3 is 1. The van der Waals surface area contributed by atoms with Gasteiger partial charge in [-0.3, -0.25) is 9.69 Å². The number of anilines is 1. The highest BCUT2D eigenvalue weighted by Gasteiger charge is 2.20. The molecule has 0 atom stereocenters. The van der Waals surface area contributed by atoms with E-state index in [1.165, 1.54) is 7.11 Å². The maximum absolute atomic E-state index is 11.1. The topological polar surface area (TPSA) is 32.8 Å². The van der Waals surface area contributed by atoms with Crippen LogP contribution in [0.25, 0.3) is 0 Å². The molecule has 20 heavy (non-hydrogen) atoms. The monoisotopic (exact) mass is 316 g/mol. The highest BCUT2D eigenvalue weighted by Crippen LogP contribution is 2.32. The molecule has 4 nitrogen and oxygen atoms in total. The Bertz CT molecular complexity index is 474. The maximum Gasteiger partial charge on any atom is 0.306 e. The van der Waals surface area contributed by atoms with Gasteiger partial charge >= 0.3 is 5.97 Å². The van der Waals surface area contributed by atoms with Crippen LogP contribution in [0.3, 0.4) is 0 Å². The number of hydrogen-bond donors (Lipinski definition) is 0. The number of carbonyl (C=O) groups is 1. The van der Waals surface area contributed by atoms with Gasteiger partial charge in [-0.15, -0.1) is 0 Å². The smallest absolute Gasteiger partial charge is 0.306 e. The summed E-state index contributed by atoms with van der Waals surface area (Å²) >= 11 is 12.3. The van der Waals surface area contributed by atoms with E-state index < -0.39 is 0 Å². The van der Waals surface area contributed by atoms with Crippen molar-refractivity contribution in [2.45, 2.75) is 6.42 Å². The lowest BCUT2D eigenvalue weighted by Gasteiger charge is -2.36. The predicted molar refractivity (Wildman–Crippen MR) is 81.7 cm³/mol. The van der Waals surface area contributed by atoms with E-state index in [2.05, 4.69) is 14.5 Å². The summed E-state index contributed by atoms with van der Waals surface area (Å²) in [6.07, 6.45) is 0.439. The van der Waals surface area contributed by atoms with Crippen LogP contribution < -0.4 is 4.90 Å². The third-order valence-electron chi connectivity index (χ3n) is 3.50. The number of hydrogen-bond acceptors (Lipinski definition) is 4. The fourth-order valence-corrected chi connectivity index (χ4v) is 2.72. The van der Waals surface area contributed by atoms with Gasteiger partial charge in [0, 0.05) is 32.7 Å². The molecule has 0 unspecified atom stereocenters. The van der Waals surface area contributed by atoms with Crippen LogP contribution in [-0.4, -0.2) is 50.7 Å². The molecule has 0 saturated carbocycles. The quantitative estimate of drug-likeness (QED) is 0.800. The molecule has 1 aromatic rings. The first-order valence-corrected chi connectivity index (χ1v) is 7.35. The van der Waals surface area contributed by atoms with Crippen LogP contribution in [0.2, 0.25) is 10.0 Å². The number of piperazine rings is 1. The molecule has 1 aliphatic heterocycles. The van der Waals surface area contributed by atoms with E-state index in [1.807, 2.05) is 12.1 Å². The second-order valence-corrected chi connectivity index (χ2v) is 5.51. The van der Waals surface area contributed by atoms with Crippen molar-refractivity contribution in [3.05, 3.63) is 28.2 Å². The minimum absolute atomic E-state index is 0.162. The lowest BCUT2D eigenvalue weighted by Crippen LogP contribution is -2.47. The van der Waals surface area contributed by atoms with Gasteiger partial charge in [0.25, 0.3) is 0 Å². The van der Waals surface area contributed by atoms with Gasteiger partial charge in [-0.2, -0.15) is 0 Å². The van der Waals surface area contributed by atoms with Gasteiger partial charge in [-0.05, 0) is 12.1 Å². The largest absolute Gasteiger partial charge is 0.469 e. The molecule has 0 radical (unpaired) electrons. The first kappa shape index (κ1) is 15.4. The Morgan fingerprint density at radius 3 is 2.60 bits per heavy atom. The molecule has 0 amide bonds. The molecule has 1 aliphatic rings. The summed E-state index contributed by atoms with van der Waals surface area (Å²) in [5, 5.41) is 1.19. The molecule has 1 fully saturated rings. The van der Waals surface area contributed by atoms with Crippen LogP contribution in [0.1, 0.15) is 6.42 Å². The van der Waals surface area contributed by atoms with Gasteiger partial charge in [0.2, 0.25) is 0 Å². The van der Waals surface area contributed by atoms with Crippen molar-refractivity contribution in [1.29, 1.82) is 0 Å². The van der Waals surface area contributed by atoms with Gasteiger partial charge in [0.15, 0.2) is 0 Å². The molecule has 1 saturated heterocycles. The summed E-state index contributed by atoms with van der Waals surface area (Å²) in [7, 11) is 1.42. The summed E-state index contributed by atoms with van der Waals surface area (Å²) in [4.78, 5) is 15.6. The van der Waals surface area contributed by atoms with Gasteiger partial charge < -0.3 is 9.64 Å². The van der Waals surface area contributed by atoms with E-state index in [1.54, 1.807) is 6.07 Å². The molecule has 110 valence electrons. The number of rotatable bonds is 4. The lowest BCUT2D eigenvalue weighted by atomic mass is 10.2. The fourth-order valence-electron chi connectivity index (χ4n) is 2.30. The van der Waals surface area contributed by atoms with Crippen LogP contribution in [0, 0.1) is 0 Å². The predicted octanol–water partition coefficient (Wildman–Crippen LogP) is 2.68. The average molecular weight is 317 g/mol. The van der Waals surface area contributed by atoms with E-state index >= 15 is 0 Å². The van der Waals surface area contributed by atoms with E-state index in [0.717, 1.165) is 38.4 Å². The molecule has 0 spiro atoms. The first-order valence-electron chi connectivity index (χ1n) is 6.60. The van der Waals surface area contributed by atoms with Gasteiger partial charge in [0.1, 0.15) is 0 Å². The molecule has 2 rings (SSSR count). The molecule has 1 aromatic carbocycles. The summed E-state index contributed by atoms with van der Waals surface area (Å²) < 4.78 is 4.65. The zero-order chi connectivity index (χ0) is 14.5. The standard InChI is InChI=1S/C14H18Cl2N2O2/c1-20-13(19)5-6-17-7-9-18(10-8-17)12-4-2-3-11(15)14(12)16/h2-4H,5-10H2,1H3. The third kappa shape index (κ3) is 3.78. The Morgan fingerprint density at radius 2 is 1.95 bits per heavy atom. The molecule has 0 N–H and O–H groups in total. The Hall–Kier alpha value is -0.970. The number of ether oxygens (including phenoxy) is 1. The van der Waals surface area contributed by atoms with E-state index in [-0.39, 0.29) is 5.97 Å². The summed E-state index contributed by atoms with van der Waals surface area (Å²) in [5.74, 6) is -0.162. The fraction of sp³-hybridized carbons (Fsp3) is 0.500. The molecule has 1 heterocycles. The first-order chi connectivity index (χ1) is 9.61. The highest BCUT2D eigenvalue weighted by molar-refractivity contribution is 6.43. The van der Waals surface area contributed by atoms with Crippen molar-refractivity contribution in [3.8, 4) is 0 Å². The number of benzene rings is 1. The molecule has 6 heteroatoms. The summed E-state index contributed by atoms with van der Waals surface area (Å²) in [5.41, 5.74) is 0.979. The van der Waals surface area contributed by atoms with Crippen LogP contribution in [0.4, 0.5) is 5.69 Å². The minimum Gasteiger partial charge on any atom is -0.469 e. The lowest BCUT2D eigenvalue weighted by molar-refractivity contribution is -0.141. The Morgan fingerprint density at radius 1 is 1.25 bits per heavy atom. The summed E-state index contributed by atoms with van der Waals surface area (Å²) in [6, 6.07) is 5.69. The van der Waals surface area contributed by atoms with Crippen molar-refractivity contribution >= 4 is 34.9 Å². The second-order valence-electron chi connectivity index (χ2n) is 4.73. The van der Waals surface area contributed by atoms with Gasteiger partial charge in [0.05, 0.1) is 29.3 Å². The highest BCUT2D eigenvalue weighted by atomic mass is 35.5. The van der Waals surface area contributed by atoms with Crippen molar-refractivity contribution in [1.82, 2.24) is 4.90 Å². The average Bonchev–Trinajstić information content (AvgIpc) is 2.48. The Kier molecular flexibility index (Phi) is 5.52. The molecular formula is C14H18Cl2N2O2. The Labute approximate surface area is 129 Å². The van der Waals surface area contributed by atoms with Crippen molar-refractivity contribution in [3.63, 3.8) is 0 Å². The van der Waals surface area contributed by atoms with Gasteiger partial charge in [-0.25, -0.2) is 0 Å². The zero-order valence-corrected chi connectivity index (χ0v) is 13.0. The zero-order valence-electron chi connectivity index (χ0n) is 11.4. The van der Waals surface area contributed by atoms with Gasteiger partial charge in [-0.1, -0.05) is 29.3 Å². The molecule has 0 aromatic heterocycles. The van der Waals surface area contributed by atoms with Crippen molar-refractivity contribution in [2.24, 2.45) is 0 Å². The SMILES string of the molecule is COC(=O)CCN1CCN(c2cccc(Cl)c2Cl)CC1. The minimum atomic E-state index is -0.162. The third-order valence-corrected chi connectivity index (χ3v) is 4.31. The number of carbonyl (C=O) groups excluding carboxylic acids is 1. The van der Waals surface area contributed by atoms with E-state index in [9.17, 15) is 4.79 Å². The summed E-state index contributed by atoms with van der Waals surface area (Å²) in [6.45, 7) is 4.30. The van der Waals surface area contributed by atoms with Crippen molar-refractivity contribution in [2.75, 3.05) is 44.7 Å². The second kappa shape index (κ2) is 7.16. The molecular weight excluding hydrogens is 299 g/mol.